The Balaban J connectivity index is 3.14. The van der Waals surface area contributed by atoms with E-state index in [9.17, 15) is 0 Å². The molecule has 1 aromatic rings. The third-order valence-electron chi connectivity index (χ3n) is 0.615. The van der Waals surface area contributed by atoms with Crippen molar-refractivity contribution in [1.29, 1.82) is 0 Å². The van der Waals surface area contributed by atoms with Gasteiger partial charge in [0.1, 0.15) is 0 Å². The van der Waals surface area contributed by atoms with Crippen LogP contribution in [0.4, 0.5) is 0 Å². The highest BCUT2D eigenvalue weighted by Crippen LogP contribution is 2.28. The molecule has 0 amide bonds. The monoisotopic (exact) mass is 414 g/mol. The standard InChI is InChI=1S/C4HBrI2S/c5-3-1-2(6)4(7)8-3/h1H. The molecule has 1 aromatic heterocycles. The molecule has 8 heavy (non-hydrogen) atoms. The van der Waals surface area contributed by atoms with E-state index in [1.54, 1.807) is 11.3 Å². The summed E-state index contributed by atoms with van der Waals surface area (Å²) in [6.07, 6.45) is 0. The lowest BCUT2D eigenvalue weighted by atomic mass is 10.7. The molecule has 0 radical (unpaired) electrons. The average molecular weight is 415 g/mol. The van der Waals surface area contributed by atoms with Crippen LogP contribution in [0, 0.1) is 6.45 Å². The fraction of sp³-hybridized carbons (Fsp3) is 0. The van der Waals surface area contributed by atoms with E-state index in [1.807, 2.05) is 0 Å². The summed E-state index contributed by atoms with van der Waals surface area (Å²) in [4.78, 5) is 0. The SMILES string of the molecule is Brc1cc(I)c(I)s1. The highest BCUT2D eigenvalue weighted by Gasteiger charge is 1.98. The lowest BCUT2D eigenvalue weighted by Crippen LogP contribution is -1.58. The van der Waals surface area contributed by atoms with E-state index >= 15 is 0 Å². The van der Waals surface area contributed by atoms with Gasteiger partial charge in [0.15, 0.2) is 0 Å². The Labute approximate surface area is 87.5 Å². The number of hydrogen-bond donors (Lipinski definition) is 0. The summed E-state index contributed by atoms with van der Waals surface area (Å²) < 4.78 is 3.90. The molecule has 0 aliphatic heterocycles. The van der Waals surface area contributed by atoms with Gasteiger partial charge in [0.2, 0.25) is 0 Å². The molecular formula is C4HBrI2S. The lowest BCUT2D eigenvalue weighted by Gasteiger charge is -1.74. The zero-order chi connectivity index (χ0) is 6.15. The fourth-order valence-corrected chi connectivity index (χ4v) is 4.60. The maximum Gasteiger partial charge on any atom is 0.0798 e. The van der Waals surface area contributed by atoms with Crippen molar-refractivity contribution in [3.05, 3.63) is 16.3 Å². The van der Waals surface area contributed by atoms with Gasteiger partial charge < -0.3 is 0 Å². The van der Waals surface area contributed by atoms with Gasteiger partial charge in [-0.1, -0.05) is 0 Å². The molecule has 1 heterocycles. The van der Waals surface area contributed by atoms with Crippen LogP contribution in [0.25, 0.3) is 0 Å². The summed E-state index contributed by atoms with van der Waals surface area (Å²) in [5.74, 6) is 0. The molecule has 0 bridgehead atoms. The molecule has 0 spiro atoms. The third-order valence-corrected chi connectivity index (χ3v) is 5.53. The number of halogens is 3. The van der Waals surface area contributed by atoms with Crippen molar-refractivity contribution in [3.63, 3.8) is 0 Å². The number of thiophene rings is 1. The predicted octanol–water partition coefficient (Wildman–Crippen LogP) is 3.72. The van der Waals surface area contributed by atoms with Gasteiger partial charge in [-0.3, -0.25) is 0 Å². The van der Waals surface area contributed by atoms with Crippen LogP contribution in [0.2, 0.25) is 0 Å². The molecule has 44 valence electrons. The van der Waals surface area contributed by atoms with Crippen molar-refractivity contribution in [2.24, 2.45) is 0 Å². The number of hydrogen-bond acceptors (Lipinski definition) is 1. The van der Waals surface area contributed by atoms with Crippen molar-refractivity contribution in [2.75, 3.05) is 0 Å². The summed E-state index contributed by atoms with van der Waals surface area (Å²) >= 11 is 9.80. The molecular weight excluding hydrogens is 414 g/mol. The summed E-state index contributed by atoms with van der Waals surface area (Å²) in [5.41, 5.74) is 0. The van der Waals surface area contributed by atoms with E-state index < -0.39 is 0 Å². The third kappa shape index (κ3) is 1.81. The molecule has 0 saturated carbocycles. The molecule has 0 aromatic carbocycles. The topological polar surface area (TPSA) is 0 Å². The largest absolute Gasteiger partial charge is 0.121 e. The van der Waals surface area contributed by atoms with E-state index in [0.29, 0.717) is 0 Å². The van der Waals surface area contributed by atoms with Crippen molar-refractivity contribution >= 4 is 72.4 Å². The van der Waals surface area contributed by atoms with E-state index in [-0.39, 0.29) is 0 Å². The van der Waals surface area contributed by atoms with Gasteiger partial charge in [0.25, 0.3) is 0 Å². The van der Waals surface area contributed by atoms with Crippen LogP contribution in [0.5, 0.6) is 0 Å². The fourth-order valence-electron chi connectivity index (χ4n) is 0.320. The van der Waals surface area contributed by atoms with Crippen LogP contribution in [-0.4, -0.2) is 0 Å². The second-order valence-electron chi connectivity index (χ2n) is 1.17. The van der Waals surface area contributed by atoms with Crippen LogP contribution < -0.4 is 0 Å². The normalized spacial score (nSPS) is 9.88. The van der Waals surface area contributed by atoms with Gasteiger partial charge in [0, 0.05) is 3.57 Å². The molecule has 0 saturated heterocycles. The highest BCUT2D eigenvalue weighted by atomic mass is 127. The maximum atomic E-state index is 3.39. The van der Waals surface area contributed by atoms with Crippen LogP contribution >= 0.6 is 72.4 Å². The minimum Gasteiger partial charge on any atom is -0.121 e. The first-order chi connectivity index (χ1) is 3.70. The Hall–Kier alpha value is 1.64. The highest BCUT2D eigenvalue weighted by molar-refractivity contribution is 14.1. The smallest absolute Gasteiger partial charge is 0.0798 e. The molecule has 0 atom stereocenters. The molecule has 0 nitrogen and oxygen atoms in total. The predicted molar refractivity (Wildman–Crippen MR) is 57.5 cm³/mol. The van der Waals surface area contributed by atoms with E-state index in [1.165, 1.54) is 10.2 Å². The first-order valence-electron chi connectivity index (χ1n) is 1.80. The van der Waals surface area contributed by atoms with Crippen LogP contribution in [0.3, 0.4) is 0 Å². The van der Waals surface area contributed by atoms with Crippen molar-refractivity contribution < 1.29 is 0 Å². The van der Waals surface area contributed by atoms with Gasteiger partial charge in [-0.05, 0) is 67.2 Å². The van der Waals surface area contributed by atoms with E-state index in [0.717, 1.165) is 0 Å². The van der Waals surface area contributed by atoms with Gasteiger partial charge in [-0.2, -0.15) is 0 Å². The van der Waals surface area contributed by atoms with Gasteiger partial charge in [-0.15, -0.1) is 11.3 Å². The second kappa shape index (κ2) is 3.16. The Kier molecular flexibility index (Phi) is 3.06. The van der Waals surface area contributed by atoms with Crippen molar-refractivity contribution in [1.82, 2.24) is 0 Å². The first-order valence-corrected chi connectivity index (χ1v) is 5.57. The quantitative estimate of drug-likeness (QED) is 0.568. The minimum absolute atomic E-state index is 1.21. The van der Waals surface area contributed by atoms with E-state index in [4.69, 9.17) is 0 Å². The summed E-state index contributed by atoms with van der Waals surface area (Å²) in [6.45, 7) is 0. The van der Waals surface area contributed by atoms with Crippen molar-refractivity contribution in [2.45, 2.75) is 0 Å². The van der Waals surface area contributed by atoms with E-state index in [2.05, 4.69) is 67.2 Å². The molecule has 0 aliphatic rings. The molecule has 0 N–H and O–H groups in total. The van der Waals surface area contributed by atoms with Crippen LogP contribution in [0.15, 0.2) is 9.85 Å². The zero-order valence-electron chi connectivity index (χ0n) is 3.62. The van der Waals surface area contributed by atoms with Crippen LogP contribution in [-0.2, 0) is 0 Å². The maximum absolute atomic E-state index is 3.39. The first kappa shape index (κ1) is 7.74. The molecule has 4 heteroatoms. The second-order valence-corrected chi connectivity index (χ2v) is 6.58. The van der Waals surface area contributed by atoms with Crippen molar-refractivity contribution in [3.8, 4) is 0 Å². The Morgan fingerprint density at radius 3 is 2.25 bits per heavy atom. The Bertz CT molecular complexity index is 176. The Morgan fingerprint density at radius 1 is 1.50 bits per heavy atom. The van der Waals surface area contributed by atoms with Gasteiger partial charge in [-0.25, -0.2) is 0 Å². The summed E-state index contributed by atoms with van der Waals surface area (Å²) in [7, 11) is 0. The molecule has 1 rings (SSSR count). The molecule has 0 aliphatic carbocycles. The molecule has 0 unspecified atom stereocenters. The lowest BCUT2D eigenvalue weighted by molar-refractivity contribution is 1.81. The zero-order valence-corrected chi connectivity index (χ0v) is 10.3. The minimum atomic E-state index is 1.21. The Morgan fingerprint density at radius 2 is 2.12 bits per heavy atom. The average Bonchev–Trinajstić information content (AvgIpc) is 1.85. The van der Waals surface area contributed by atoms with Gasteiger partial charge >= 0.3 is 0 Å². The summed E-state index contributed by atoms with van der Waals surface area (Å²) in [5, 5.41) is 0. The molecule has 0 fully saturated rings. The van der Waals surface area contributed by atoms with Crippen LogP contribution in [0.1, 0.15) is 0 Å². The summed E-state index contributed by atoms with van der Waals surface area (Å²) in [6, 6.07) is 2.12. The number of rotatable bonds is 0. The van der Waals surface area contributed by atoms with Gasteiger partial charge in [0.05, 0.1) is 6.67 Å².